The fourth-order valence-corrected chi connectivity index (χ4v) is 3.12. The van der Waals surface area contributed by atoms with Gasteiger partial charge < -0.3 is 9.47 Å². The van der Waals surface area contributed by atoms with Crippen LogP contribution in [0.5, 0.6) is 11.6 Å². The minimum atomic E-state index is -0.0384. The Kier molecular flexibility index (Phi) is 3.84. The number of benzene rings is 1. The minimum Gasteiger partial charge on any atom is -0.491 e. The van der Waals surface area contributed by atoms with Crippen LogP contribution in [0.1, 0.15) is 21.6 Å². The number of aryl methyl sites for hydroxylation is 1. The number of carbonyl (C=O) groups is 1. The molecule has 1 aromatic carbocycles. The largest absolute Gasteiger partial charge is 0.491 e. The summed E-state index contributed by atoms with van der Waals surface area (Å²) in [7, 11) is 3.13. The van der Waals surface area contributed by atoms with Gasteiger partial charge in [-0.2, -0.15) is 5.10 Å². The summed E-state index contributed by atoms with van der Waals surface area (Å²) in [5, 5.41) is 7.07. The van der Waals surface area contributed by atoms with Crippen molar-refractivity contribution in [2.75, 3.05) is 19.1 Å². The maximum absolute atomic E-state index is 12.7. The van der Waals surface area contributed by atoms with Crippen molar-refractivity contribution in [3.63, 3.8) is 0 Å². The van der Waals surface area contributed by atoms with Crippen LogP contribution in [0.4, 0.5) is 5.82 Å². The third-order valence-corrected chi connectivity index (χ3v) is 4.44. The molecular weight excluding hydrogens is 332 g/mol. The molecule has 0 spiro atoms. The molecule has 0 unspecified atom stereocenters. The lowest BCUT2D eigenvalue weighted by molar-refractivity contribution is 0.0996. The number of pyridine rings is 1. The van der Waals surface area contributed by atoms with Gasteiger partial charge in [0.1, 0.15) is 0 Å². The number of anilines is 1. The van der Waals surface area contributed by atoms with Crippen molar-refractivity contribution in [3.8, 4) is 22.8 Å². The Labute approximate surface area is 150 Å². The fraction of sp³-hybridized carbons (Fsp3) is 0.211. The topological polar surface area (TPSA) is 80.3 Å². The predicted molar refractivity (Wildman–Crippen MR) is 96.6 cm³/mol. The van der Waals surface area contributed by atoms with Gasteiger partial charge in [0.15, 0.2) is 11.6 Å². The number of hydrogen-bond acceptors (Lipinski definition) is 5. The maximum atomic E-state index is 12.7. The van der Waals surface area contributed by atoms with Crippen molar-refractivity contribution >= 4 is 11.7 Å². The van der Waals surface area contributed by atoms with E-state index in [9.17, 15) is 4.79 Å². The number of hydrogen-bond donors (Lipinski definition) is 1. The summed E-state index contributed by atoms with van der Waals surface area (Å²) in [6, 6.07) is 9.51. The van der Waals surface area contributed by atoms with E-state index in [0.717, 1.165) is 22.4 Å². The molecule has 0 aliphatic carbocycles. The molecule has 0 saturated heterocycles. The molecular formula is C19H18N4O3. The Morgan fingerprint density at radius 1 is 1.12 bits per heavy atom. The normalized spacial score (nSPS) is 13.0. The molecule has 132 valence electrons. The van der Waals surface area contributed by atoms with E-state index < -0.39 is 0 Å². The van der Waals surface area contributed by atoms with Gasteiger partial charge in [-0.1, -0.05) is 6.07 Å². The average molecular weight is 350 g/mol. The molecule has 0 radical (unpaired) electrons. The molecule has 1 aliphatic heterocycles. The number of methoxy groups -OCH3 is 2. The van der Waals surface area contributed by atoms with E-state index >= 15 is 0 Å². The van der Waals surface area contributed by atoms with Gasteiger partial charge in [0, 0.05) is 29.1 Å². The van der Waals surface area contributed by atoms with Crippen LogP contribution in [0, 0.1) is 6.92 Å². The highest BCUT2D eigenvalue weighted by Gasteiger charge is 2.30. The highest BCUT2D eigenvalue weighted by Crippen LogP contribution is 2.33. The summed E-state index contributed by atoms with van der Waals surface area (Å²) in [5.41, 5.74) is 4.43. The molecule has 0 fully saturated rings. The zero-order valence-electron chi connectivity index (χ0n) is 14.7. The van der Waals surface area contributed by atoms with Crippen LogP contribution in [-0.2, 0) is 6.54 Å². The molecule has 7 nitrogen and oxygen atoms in total. The number of nitrogens with one attached hydrogen (secondary N) is 1. The number of rotatable bonds is 4. The molecule has 26 heavy (non-hydrogen) atoms. The van der Waals surface area contributed by atoms with E-state index in [1.54, 1.807) is 25.3 Å². The first-order valence-corrected chi connectivity index (χ1v) is 8.16. The second kappa shape index (κ2) is 6.18. The molecule has 0 saturated carbocycles. The first-order chi connectivity index (χ1) is 12.6. The summed E-state index contributed by atoms with van der Waals surface area (Å²) in [6.07, 6.45) is 1.73. The van der Waals surface area contributed by atoms with Gasteiger partial charge in [-0.15, -0.1) is 0 Å². The monoisotopic (exact) mass is 350 g/mol. The summed E-state index contributed by atoms with van der Waals surface area (Å²) in [4.78, 5) is 18.6. The standard InChI is InChI=1S/C19H18N4O3/c1-11-6-17(22-21-11)23-10-14-7-12(4-5-15(14)19(23)24)13-8-16(25-2)18(26-3)20-9-13/h4-9H,10H2,1-3H3,(H,21,22). The fourth-order valence-electron chi connectivity index (χ4n) is 3.12. The lowest BCUT2D eigenvalue weighted by Gasteiger charge is -2.10. The molecule has 3 heterocycles. The summed E-state index contributed by atoms with van der Waals surface area (Å²) < 4.78 is 10.5. The van der Waals surface area contributed by atoms with Crippen LogP contribution < -0.4 is 14.4 Å². The highest BCUT2D eigenvalue weighted by molar-refractivity contribution is 6.09. The molecule has 0 atom stereocenters. The quantitative estimate of drug-likeness (QED) is 0.782. The number of aromatic nitrogens is 3. The first-order valence-electron chi connectivity index (χ1n) is 8.16. The summed E-state index contributed by atoms with van der Waals surface area (Å²) in [5.74, 6) is 1.60. The van der Waals surface area contributed by atoms with Crippen molar-refractivity contribution in [1.29, 1.82) is 0 Å². The van der Waals surface area contributed by atoms with Gasteiger partial charge in [0.25, 0.3) is 11.8 Å². The molecule has 1 N–H and O–H groups in total. The van der Waals surface area contributed by atoms with Gasteiger partial charge in [-0.05, 0) is 36.2 Å². The molecule has 3 aromatic rings. The van der Waals surface area contributed by atoms with E-state index in [4.69, 9.17) is 9.47 Å². The number of fused-ring (bicyclic) bond motifs is 1. The van der Waals surface area contributed by atoms with E-state index in [1.807, 2.05) is 37.3 Å². The second-order valence-corrected chi connectivity index (χ2v) is 6.11. The molecule has 2 aromatic heterocycles. The number of aromatic amines is 1. The zero-order chi connectivity index (χ0) is 18.3. The Balaban J connectivity index is 1.69. The molecule has 1 aliphatic rings. The summed E-state index contributed by atoms with van der Waals surface area (Å²) >= 11 is 0. The molecule has 0 bridgehead atoms. The highest BCUT2D eigenvalue weighted by atomic mass is 16.5. The maximum Gasteiger partial charge on any atom is 0.260 e. The van der Waals surface area contributed by atoms with Gasteiger partial charge in [-0.3, -0.25) is 14.8 Å². The van der Waals surface area contributed by atoms with Gasteiger partial charge in [-0.25, -0.2) is 4.98 Å². The molecule has 1 amide bonds. The van der Waals surface area contributed by atoms with Crippen molar-refractivity contribution in [2.45, 2.75) is 13.5 Å². The van der Waals surface area contributed by atoms with Crippen LogP contribution in [0.15, 0.2) is 36.5 Å². The van der Waals surface area contributed by atoms with Crippen molar-refractivity contribution in [1.82, 2.24) is 15.2 Å². The lowest BCUT2D eigenvalue weighted by atomic mass is 10.0. The average Bonchev–Trinajstić information content (AvgIpc) is 3.24. The predicted octanol–water partition coefficient (Wildman–Crippen LogP) is 2.96. The smallest absolute Gasteiger partial charge is 0.260 e. The van der Waals surface area contributed by atoms with E-state index in [0.29, 0.717) is 29.6 Å². The number of nitrogens with zero attached hydrogens (tertiary/aromatic N) is 3. The summed E-state index contributed by atoms with van der Waals surface area (Å²) in [6.45, 7) is 2.40. The van der Waals surface area contributed by atoms with Crippen LogP contribution in [0.25, 0.3) is 11.1 Å². The Morgan fingerprint density at radius 2 is 1.96 bits per heavy atom. The second-order valence-electron chi connectivity index (χ2n) is 6.11. The Morgan fingerprint density at radius 3 is 2.65 bits per heavy atom. The molecule has 4 rings (SSSR count). The van der Waals surface area contributed by atoms with Crippen LogP contribution >= 0.6 is 0 Å². The number of carbonyl (C=O) groups excluding carboxylic acids is 1. The number of ether oxygens (including phenoxy) is 2. The lowest BCUT2D eigenvalue weighted by Crippen LogP contribution is -2.23. The van der Waals surface area contributed by atoms with E-state index in [1.165, 1.54) is 0 Å². The zero-order valence-corrected chi connectivity index (χ0v) is 14.7. The van der Waals surface area contributed by atoms with Gasteiger partial charge >= 0.3 is 0 Å². The van der Waals surface area contributed by atoms with Crippen molar-refractivity contribution < 1.29 is 14.3 Å². The third kappa shape index (κ3) is 2.57. The SMILES string of the molecule is COc1cc(-c2ccc3c(c2)CN(c2cc(C)[nH]n2)C3=O)cnc1OC. The Hall–Kier alpha value is -3.35. The molecule has 7 heteroatoms. The van der Waals surface area contributed by atoms with Gasteiger partial charge in [0.2, 0.25) is 0 Å². The minimum absolute atomic E-state index is 0.0384. The van der Waals surface area contributed by atoms with E-state index in [2.05, 4.69) is 15.2 Å². The van der Waals surface area contributed by atoms with Crippen LogP contribution in [-0.4, -0.2) is 35.3 Å². The first kappa shape index (κ1) is 16.1. The van der Waals surface area contributed by atoms with Gasteiger partial charge in [0.05, 0.1) is 20.8 Å². The Bertz CT molecular complexity index is 996. The van der Waals surface area contributed by atoms with Crippen molar-refractivity contribution in [3.05, 3.63) is 53.3 Å². The van der Waals surface area contributed by atoms with Crippen molar-refractivity contribution in [2.24, 2.45) is 0 Å². The number of amides is 1. The van der Waals surface area contributed by atoms with Crippen LogP contribution in [0.3, 0.4) is 0 Å². The van der Waals surface area contributed by atoms with E-state index in [-0.39, 0.29) is 5.91 Å². The van der Waals surface area contributed by atoms with Crippen LogP contribution in [0.2, 0.25) is 0 Å². The number of H-pyrrole nitrogens is 1. The third-order valence-electron chi connectivity index (χ3n) is 4.44.